The van der Waals surface area contributed by atoms with Crippen LogP contribution in [0, 0.1) is 11.6 Å². The summed E-state index contributed by atoms with van der Waals surface area (Å²) >= 11 is 8.92. The van der Waals surface area contributed by atoms with Crippen LogP contribution < -0.4 is 4.74 Å². The minimum atomic E-state index is -0.955. The minimum absolute atomic E-state index is 0.0995. The SMILES string of the molecule is O=Cc1cc(F)c(Oc2ccc(Cl)cc2Br)c(F)c1. The van der Waals surface area contributed by atoms with Crippen molar-refractivity contribution in [3.63, 3.8) is 0 Å². The van der Waals surface area contributed by atoms with E-state index in [2.05, 4.69) is 15.9 Å². The molecule has 0 atom stereocenters. The Kier molecular flexibility index (Phi) is 4.17. The van der Waals surface area contributed by atoms with Gasteiger partial charge in [-0.3, -0.25) is 4.79 Å². The monoisotopic (exact) mass is 346 g/mol. The third-order valence-electron chi connectivity index (χ3n) is 2.26. The Morgan fingerprint density at radius 1 is 1.16 bits per heavy atom. The van der Waals surface area contributed by atoms with Crippen LogP contribution in [0.2, 0.25) is 5.02 Å². The topological polar surface area (TPSA) is 26.3 Å². The van der Waals surface area contributed by atoms with E-state index in [0.717, 1.165) is 12.1 Å². The van der Waals surface area contributed by atoms with Gasteiger partial charge in [0.2, 0.25) is 0 Å². The van der Waals surface area contributed by atoms with Crippen molar-refractivity contribution < 1.29 is 18.3 Å². The van der Waals surface area contributed by atoms with Crippen LogP contribution in [-0.2, 0) is 0 Å². The summed E-state index contributed by atoms with van der Waals surface area (Å²) in [6.45, 7) is 0. The zero-order valence-corrected chi connectivity index (χ0v) is 11.6. The number of hydrogen-bond acceptors (Lipinski definition) is 2. The number of aldehydes is 1. The number of carbonyl (C=O) groups excluding carboxylic acids is 1. The molecular weight excluding hydrogens is 341 g/mol. The number of hydrogen-bond donors (Lipinski definition) is 0. The summed E-state index contributed by atoms with van der Waals surface area (Å²) in [6.07, 6.45) is 0.355. The van der Waals surface area contributed by atoms with E-state index >= 15 is 0 Å². The molecule has 0 aliphatic carbocycles. The highest BCUT2D eigenvalue weighted by Crippen LogP contribution is 2.34. The average molecular weight is 348 g/mol. The van der Waals surface area contributed by atoms with Crippen molar-refractivity contribution in [2.75, 3.05) is 0 Å². The van der Waals surface area contributed by atoms with Gasteiger partial charge in [0.25, 0.3) is 0 Å². The van der Waals surface area contributed by atoms with Crippen LogP contribution in [0.15, 0.2) is 34.8 Å². The van der Waals surface area contributed by atoms with Crippen LogP contribution in [0.25, 0.3) is 0 Å². The van der Waals surface area contributed by atoms with Gasteiger partial charge in [0.05, 0.1) is 4.47 Å². The third kappa shape index (κ3) is 3.11. The summed E-state index contributed by atoms with van der Waals surface area (Å²) in [5.41, 5.74) is -0.0995. The standard InChI is InChI=1S/C13H6BrClF2O2/c14-9-5-8(15)1-2-12(9)19-13-10(16)3-7(6-18)4-11(13)17/h1-6H. The lowest BCUT2D eigenvalue weighted by molar-refractivity contribution is 0.112. The molecule has 2 nitrogen and oxygen atoms in total. The van der Waals surface area contributed by atoms with Gasteiger partial charge in [0, 0.05) is 10.6 Å². The molecule has 0 saturated heterocycles. The van der Waals surface area contributed by atoms with E-state index in [1.54, 1.807) is 0 Å². The van der Waals surface area contributed by atoms with Gasteiger partial charge in [0.15, 0.2) is 17.4 Å². The molecule has 6 heteroatoms. The van der Waals surface area contributed by atoms with Gasteiger partial charge in [-0.15, -0.1) is 0 Å². The summed E-state index contributed by atoms with van der Waals surface area (Å²) < 4.78 is 32.9. The van der Waals surface area contributed by atoms with Crippen molar-refractivity contribution in [1.82, 2.24) is 0 Å². The molecule has 0 bridgehead atoms. The number of benzene rings is 2. The number of ether oxygens (including phenoxy) is 1. The van der Waals surface area contributed by atoms with Crippen LogP contribution in [-0.4, -0.2) is 6.29 Å². The lowest BCUT2D eigenvalue weighted by atomic mass is 10.2. The molecule has 0 N–H and O–H groups in total. The Hall–Kier alpha value is -1.46. The zero-order chi connectivity index (χ0) is 14.0. The van der Waals surface area contributed by atoms with Crippen molar-refractivity contribution in [1.29, 1.82) is 0 Å². The van der Waals surface area contributed by atoms with Crippen LogP contribution >= 0.6 is 27.5 Å². The molecule has 0 radical (unpaired) electrons. The normalized spacial score (nSPS) is 10.3. The van der Waals surface area contributed by atoms with E-state index in [-0.39, 0.29) is 11.3 Å². The predicted molar refractivity (Wildman–Crippen MR) is 71.0 cm³/mol. The van der Waals surface area contributed by atoms with E-state index < -0.39 is 17.4 Å². The van der Waals surface area contributed by atoms with E-state index in [1.807, 2.05) is 0 Å². The first-order valence-corrected chi connectivity index (χ1v) is 6.25. The van der Waals surface area contributed by atoms with Gasteiger partial charge in [-0.2, -0.15) is 0 Å². The maximum Gasteiger partial charge on any atom is 0.198 e. The fourth-order valence-electron chi connectivity index (χ4n) is 1.41. The Balaban J connectivity index is 2.41. The highest BCUT2D eigenvalue weighted by Gasteiger charge is 2.15. The van der Waals surface area contributed by atoms with Crippen molar-refractivity contribution in [2.24, 2.45) is 0 Å². The van der Waals surface area contributed by atoms with Crippen LogP contribution in [0.4, 0.5) is 8.78 Å². The summed E-state index contributed by atoms with van der Waals surface area (Å²) in [5, 5.41) is 0.455. The maximum atomic E-state index is 13.6. The second kappa shape index (κ2) is 5.67. The maximum absolute atomic E-state index is 13.6. The van der Waals surface area contributed by atoms with Crippen molar-refractivity contribution >= 4 is 33.8 Å². The van der Waals surface area contributed by atoms with E-state index in [4.69, 9.17) is 16.3 Å². The first-order chi connectivity index (χ1) is 9.01. The fourth-order valence-corrected chi connectivity index (χ4v) is 2.18. The summed E-state index contributed by atoms with van der Waals surface area (Å²) in [4.78, 5) is 10.5. The molecule has 0 amide bonds. The molecule has 0 saturated carbocycles. The molecule has 2 rings (SSSR count). The molecule has 0 heterocycles. The van der Waals surface area contributed by atoms with Crippen molar-refractivity contribution in [3.05, 3.63) is 57.0 Å². The Bertz CT molecular complexity index is 624. The molecular formula is C13H6BrClF2O2. The summed E-state index contributed by atoms with van der Waals surface area (Å²) in [6, 6.07) is 6.33. The fraction of sp³-hybridized carbons (Fsp3) is 0. The highest BCUT2D eigenvalue weighted by atomic mass is 79.9. The molecule has 0 aliphatic heterocycles. The largest absolute Gasteiger partial charge is 0.450 e. The third-order valence-corrected chi connectivity index (χ3v) is 3.12. The number of rotatable bonds is 3. The lowest BCUT2D eigenvalue weighted by Crippen LogP contribution is -1.95. The molecule has 2 aromatic rings. The van der Waals surface area contributed by atoms with Gasteiger partial charge < -0.3 is 4.74 Å². The van der Waals surface area contributed by atoms with Gasteiger partial charge in [-0.05, 0) is 46.3 Å². The van der Waals surface area contributed by atoms with Gasteiger partial charge in [-0.1, -0.05) is 11.6 Å². The van der Waals surface area contributed by atoms with E-state index in [9.17, 15) is 13.6 Å². The molecule has 0 aromatic heterocycles. The molecule has 2 aromatic carbocycles. The average Bonchev–Trinajstić information content (AvgIpc) is 2.35. The van der Waals surface area contributed by atoms with Gasteiger partial charge >= 0.3 is 0 Å². The Morgan fingerprint density at radius 3 is 2.32 bits per heavy atom. The first-order valence-electron chi connectivity index (χ1n) is 5.08. The van der Waals surface area contributed by atoms with Gasteiger partial charge in [-0.25, -0.2) is 8.78 Å². The quantitative estimate of drug-likeness (QED) is 0.732. The zero-order valence-electron chi connectivity index (χ0n) is 9.29. The minimum Gasteiger partial charge on any atom is -0.450 e. The van der Waals surface area contributed by atoms with Crippen molar-refractivity contribution in [2.45, 2.75) is 0 Å². The van der Waals surface area contributed by atoms with E-state index in [0.29, 0.717) is 15.8 Å². The van der Waals surface area contributed by atoms with E-state index in [1.165, 1.54) is 18.2 Å². The molecule has 98 valence electrons. The molecule has 0 fully saturated rings. The number of halogens is 4. The van der Waals surface area contributed by atoms with Crippen LogP contribution in [0.5, 0.6) is 11.5 Å². The second-order valence-corrected chi connectivity index (χ2v) is 4.90. The second-order valence-electron chi connectivity index (χ2n) is 3.61. The van der Waals surface area contributed by atoms with Gasteiger partial charge in [0.1, 0.15) is 12.0 Å². The van der Waals surface area contributed by atoms with Crippen molar-refractivity contribution in [3.8, 4) is 11.5 Å². The molecule has 19 heavy (non-hydrogen) atoms. The van der Waals surface area contributed by atoms with Crippen LogP contribution in [0.1, 0.15) is 10.4 Å². The first kappa shape index (κ1) is 14.0. The Morgan fingerprint density at radius 2 is 1.79 bits per heavy atom. The summed E-state index contributed by atoms with van der Waals surface area (Å²) in [5.74, 6) is -2.28. The predicted octanol–water partition coefficient (Wildman–Crippen LogP) is 4.99. The number of carbonyl (C=O) groups is 1. The lowest BCUT2D eigenvalue weighted by Gasteiger charge is -2.10. The Labute approximate surface area is 121 Å². The molecule has 0 spiro atoms. The molecule has 0 aliphatic rings. The summed E-state index contributed by atoms with van der Waals surface area (Å²) in [7, 11) is 0. The van der Waals surface area contributed by atoms with Crippen LogP contribution in [0.3, 0.4) is 0 Å². The highest BCUT2D eigenvalue weighted by molar-refractivity contribution is 9.10. The molecule has 0 unspecified atom stereocenters. The smallest absolute Gasteiger partial charge is 0.198 e.